The van der Waals surface area contributed by atoms with Crippen molar-refractivity contribution in [2.75, 3.05) is 32.8 Å². The molecule has 1 fully saturated rings. The summed E-state index contributed by atoms with van der Waals surface area (Å²) in [6.07, 6.45) is 2.92. The van der Waals surface area contributed by atoms with Crippen molar-refractivity contribution in [1.82, 2.24) is 19.4 Å². The molecule has 114 valence electrons. The van der Waals surface area contributed by atoms with Gasteiger partial charge in [-0.2, -0.15) is 0 Å². The van der Waals surface area contributed by atoms with Crippen LogP contribution in [0.4, 0.5) is 0 Å². The lowest BCUT2D eigenvalue weighted by molar-refractivity contribution is 0.0369. The van der Waals surface area contributed by atoms with E-state index in [9.17, 15) is 0 Å². The second kappa shape index (κ2) is 6.73. The third kappa shape index (κ3) is 3.20. The van der Waals surface area contributed by atoms with Crippen LogP contribution in [-0.4, -0.2) is 52.3 Å². The molecule has 0 atom stereocenters. The minimum atomic E-state index is 0.424. The van der Waals surface area contributed by atoms with Crippen molar-refractivity contribution >= 4 is 22.8 Å². The van der Waals surface area contributed by atoms with E-state index >= 15 is 0 Å². The topological polar surface area (TPSA) is 43.2 Å². The normalized spacial score (nSPS) is 16.7. The summed E-state index contributed by atoms with van der Waals surface area (Å²) in [5, 5.41) is 0. The lowest BCUT2D eigenvalue weighted by Gasteiger charge is -2.26. The maximum Gasteiger partial charge on any atom is 0.160 e. The lowest BCUT2D eigenvalue weighted by Crippen LogP contribution is -2.37. The van der Waals surface area contributed by atoms with Gasteiger partial charge in [-0.05, 0) is 25.0 Å². The fraction of sp³-hybridized carbons (Fsp3) is 0.600. The van der Waals surface area contributed by atoms with Crippen LogP contribution in [0.5, 0.6) is 0 Å². The lowest BCUT2D eigenvalue weighted by atomic mass is 10.3. The van der Waals surface area contributed by atoms with Crippen LogP contribution in [0.3, 0.4) is 0 Å². The Kier molecular flexibility index (Phi) is 4.73. The molecule has 0 aliphatic carbocycles. The number of alkyl halides is 1. The Morgan fingerprint density at radius 1 is 1.29 bits per heavy atom. The first-order chi connectivity index (χ1) is 10.3. The SMILES string of the molecule is Cc1ccnc2c1nc(CCl)n2CCCN1CCOCC1. The van der Waals surface area contributed by atoms with Crippen LogP contribution in [0.2, 0.25) is 0 Å². The monoisotopic (exact) mass is 308 g/mol. The Morgan fingerprint density at radius 2 is 2.10 bits per heavy atom. The number of imidazole rings is 1. The maximum atomic E-state index is 6.05. The van der Waals surface area contributed by atoms with Crippen LogP contribution >= 0.6 is 11.6 Å². The van der Waals surface area contributed by atoms with E-state index in [1.54, 1.807) is 0 Å². The average molecular weight is 309 g/mol. The molecule has 1 aliphatic rings. The minimum absolute atomic E-state index is 0.424. The molecule has 2 aromatic rings. The third-order valence-electron chi connectivity index (χ3n) is 3.99. The highest BCUT2D eigenvalue weighted by Gasteiger charge is 2.14. The number of halogens is 1. The van der Waals surface area contributed by atoms with Gasteiger partial charge in [0.15, 0.2) is 5.65 Å². The highest BCUT2D eigenvalue weighted by atomic mass is 35.5. The molecule has 3 heterocycles. The van der Waals surface area contributed by atoms with Crippen molar-refractivity contribution in [2.45, 2.75) is 25.8 Å². The number of hydrogen-bond acceptors (Lipinski definition) is 4. The van der Waals surface area contributed by atoms with Gasteiger partial charge in [-0.15, -0.1) is 11.6 Å². The molecule has 0 saturated carbocycles. The fourth-order valence-electron chi connectivity index (χ4n) is 2.80. The Bertz CT molecular complexity index is 607. The van der Waals surface area contributed by atoms with Gasteiger partial charge in [0, 0.05) is 32.4 Å². The van der Waals surface area contributed by atoms with E-state index in [2.05, 4.69) is 26.4 Å². The summed E-state index contributed by atoms with van der Waals surface area (Å²) in [4.78, 5) is 11.6. The molecule has 1 aliphatic heterocycles. The van der Waals surface area contributed by atoms with E-state index in [0.29, 0.717) is 5.88 Å². The predicted molar refractivity (Wildman–Crippen MR) is 83.7 cm³/mol. The number of rotatable bonds is 5. The zero-order valence-corrected chi connectivity index (χ0v) is 13.1. The van der Waals surface area contributed by atoms with E-state index in [1.165, 1.54) is 0 Å². The molecule has 6 heteroatoms. The first-order valence-corrected chi connectivity index (χ1v) is 8.00. The summed E-state index contributed by atoms with van der Waals surface area (Å²) in [7, 11) is 0. The Morgan fingerprint density at radius 3 is 2.86 bits per heavy atom. The summed E-state index contributed by atoms with van der Waals surface area (Å²) >= 11 is 6.05. The summed E-state index contributed by atoms with van der Waals surface area (Å²) in [6, 6.07) is 1.99. The Labute approximate surface area is 129 Å². The Hall–Kier alpha value is -1.17. The molecule has 21 heavy (non-hydrogen) atoms. The number of ether oxygens (including phenoxy) is 1. The second-order valence-corrected chi connectivity index (χ2v) is 5.69. The first kappa shape index (κ1) is 14.8. The summed E-state index contributed by atoms with van der Waals surface area (Å²) in [5.41, 5.74) is 3.07. The van der Waals surface area contributed by atoms with Crippen LogP contribution in [0.1, 0.15) is 17.8 Å². The molecule has 0 spiro atoms. The summed E-state index contributed by atoms with van der Waals surface area (Å²) in [5.74, 6) is 1.34. The van der Waals surface area contributed by atoms with Crippen molar-refractivity contribution in [2.24, 2.45) is 0 Å². The van der Waals surface area contributed by atoms with Crippen LogP contribution in [-0.2, 0) is 17.2 Å². The average Bonchev–Trinajstić information content (AvgIpc) is 2.88. The fourth-order valence-corrected chi connectivity index (χ4v) is 3.00. The molecule has 0 aromatic carbocycles. The largest absolute Gasteiger partial charge is 0.379 e. The van der Waals surface area contributed by atoms with E-state index in [4.69, 9.17) is 16.3 Å². The van der Waals surface area contributed by atoms with Crippen molar-refractivity contribution in [1.29, 1.82) is 0 Å². The van der Waals surface area contributed by atoms with E-state index in [1.807, 2.05) is 12.3 Å². The zero-order chi connectivity index (χ0) is 14.7. The van der Waals surface area contributed by atoms with Crippen molar-refractivity contribution in [3.05, 3.63) is 23.7 Å². The molecule has 5 nitrogen and oxygen atoms in total. The summed E-state index contributed by atoms with van der Waals surface area (Å²) in [6.45, 7) is 7.81. The number of aromatic nitrogens is 3. The maximum absolute atomic E-state index is 6.05. The van der Waals surface area contributed by atoms with Crippen LogP contribution < -0.4 is 0 Å². The van der Waals surface area contributed by atoms with Crippen LogP contribution in [0, 0.1) is 6.92 Å². The van der Waals surface area contributed by atoms with E-state index < -0.39 is 0 Å². The molecule has 0 N–H and O–H groups in total. The molecule has 0 bridgehead atoms. The molecule has 0 radical (unpaired) electrons. The number of hydrogen-bond donors (Lipinski definition) is 0. The number of pyridine rings is 1. The van der Waals surface area contributed by atoms with E-state index in [0.717, 1.165) is 68.4 Å². The van der Waals surface area contributed by atoms with Gasteiger partial charge in [0.05, 0.1) is 19.1 Å². The highest BCUT2D eigenvalue weighted by Crippen LogP contribution is 2.19. The molecule has 3 rings (SSSR count). The van der Waals surface area contributed by atoms with Gasteiger partial charge in [0.1, 0.15) is 11.3 Å². The van der Waals surface area contributed by atoms with Crippen molar-refractivity contribution in [3.63, 3.8) is 0 Å². The number of nitrogens with zero attached hydrogens (tertiary/aromatic N) is 4. The highest BCUT2D eigenvalue weighted by molar-refractivity contribution is 6.16. The quantitative estimate of drug-likeness (QED) is 0.794. The molecular formula is C15H21ClN4O. The molecule has 2 aromatic heterocycles. The zero-order valence-electron chi connectivity index (χ0n) is 12.4. The van der Waals surface area contributed by atoms with Gasteiger partial charge in [-0.3, -0.25) is 4.90 Å². The van der Waals surface area contributed by atoms with Crippen molar-refractivity contribution < 1.29 is 4.74 Å². The van der Waals surface area contributed by atoms with Gasteiger partial charge in [0.25, 0.3) is 0 Å². The van der Waals surface area contributed by atoms with Crippen LogP contribution in [0.15, 0.2) is 12.3 Å². The number of fused-ring (bicyclic) bond motifs is 1. The minimum Gasteiger partial charge on any atom is -0.379 e. The van der Waals surface area contributed by atoms with Gasteiger partial charge in [-0.1, -0.05) is 0 Å². The smallest absolute Gasteiger partial charge is 0.160 e. The predicted octanol–water partition coefficient (Wildman–Crippen LogP) is 2.20. The molecule has 0 amide bonds. The number of aryl methyl sites for hydroxylation is 2. The van der Waals surface area contributed by atoms with Crippen molar-refractivity contribution in [3.8, 4) is 0 Å². The summed E-state index contributed by atoms with van der Waals surface area (Å²) < 4.78 is 7.54. The first-order valence-electron chi connectivity index (χ1n) is 7.46. The van der Waals surface area contributed by atoms with Gasteiger partial charge in [-0.25, -0.2) is 9.97 Å². The molecule has 1 saturated heterocycles. The van der Waals surface area contributed by atoms with Gasteiger partial charge >= 0.3 is 0 Å². The van der Waals surface area contributed by atoms with Gasteiger partial charge < -0.3 is 9.30 Å². The Balaban J connectivity index is 1.72. The van der Waals surface area contributed by atoms with E-state index in [-0.39, 0.29) is 0 Å². The van der Waals surface area contributed by atoms with Crippen LogP contribution in [0.25, 0.3) is 11.2 Å². The molecular weight excluding hydrogens is 288 g/mol. The third-order valence-corrected chi connectivity index (χ3v) is 4.23. The molecule has 0 unspecified atom stereocenters. The standard InChI is InChI=1S/C15H21ClN4O/c1-12-3-4-17-15-14(12)18-13(11-16)20(15)6-2-5-19-7-9-21-10-8-19/h3-4H,2,5-11H2,1H3. The second-order valence-electron chi connectivity index (χ2n) is 5.42. The number of morpholine rings is 1. The van der Waals surface area contributed by atoms with Gasteiger partial charge in [0.2, 0.25) is 0 Å².